The van der Waals surface area contributed by atoms with Gasteiger partial charge in [0.25, 0.3) is 5.91 Å². The number of hydrogen-bond donors (Lipinski definition) is 3. The van der Waals surface area contributed by atoms with E-state index in [-0.39, 0.29) is 22.8 Å². The standard InChI is InChI=1S/C16H27N3O2/c1-5-16(17,6-2)9-10-18-15(21)13-8-7-12(19(3)4)11-14(13)20/h7-8,11,20H,5-6,9-10,17H2,1-4H3,(H,18,21). The quantitative estimate of drug-likeness (QED) is 0.719. The second-order valence-corrected chi connectivity index (χ2v) is 5.67. The molecule has 0 fully saturated rings. The molecule has 5 heteroatoms. The van der Waals surface area contributed by atoms with Crippen LogP contribution in [0.5, 0.6) is 5.75 Å². The lowest BCUT2D eigenvalue weighted by molar-refractivity contribution is 0.0947. The highest BCUT2D eigenvalue weighted by Gasteiger charge is 2.20. The molecule has 0 saturated carbocycles. The zero-order valence-corrected chi connectivity index (χ0v) is 13.4. The number of nitrogens with two attached hydrogens (primary N) is 1. The monoisotopic (exact) mass is 293 g/mol. The van der Waals surface area contributed by atoms with Gasteiger partial charge in [-0.3, -0.25) is 4.79 Å². The van der Waals surface area contributed by atoms with E-state index in [1.807, 2.05) is 19.0 Å². The van der Waals surface area contributed by atoms with Crippen LogP contribution < -0.4 is 16.0 Å². The van der Waals surface area contributed by atoms with E-state index in [9.17, 15) is 9.90 Å². The summed E-state index contributed by atoms with van der Waals surface area (Å²) in [6, 6.07) is 5.02. The Morgan fingerprint density at radius 2 is 1.95 bits per heavy atom. The van der Waals surface area contributed by atoms with Gasteiger partial charge < -0.3 is 21.1 Å². The molecule has 0 radical (unpaired) electrons. The van der Waals surface area contributed by atoms with E-state index >= 15 is 0 Å². The molecular formula is C16H27N3O2. The van der Waals surface area contributed by atoms with Crippen molar-refractivity contribution in [2.75, 3.05) is 25.5 Å². The van der Waals surface area contributed by atoms with Crippen molar-refractivity contribution in [3.63, 3.8) is 0 Å². The van der Waals surface area contributed by atoms with Gasteiger partial charge in [0, 0.05) is 37.9 Å². The molecule has 1 aromatic rings. The van der Waals surface area contributed by atoms with Crippen LogP contribution in [0, 0.1) is 0 Å². The van der Waals surface area contributed by atoms with Gasteiger partial charge in [-0.05, 0) is 31.4 Å². The van der Waals surface area contributed by atoms with Gasteiger partial charge in [-0.25, -0.2) is 0 Å². The topological polar surface area (TPSA) is 78.6 Å². The third kappa shape index (κ3) is 4.63. The number of hydrogen-bond acceptors (Lipinski definition) is 4. The van der Waals surface area contributed by atoms with E-state index in [1.165, 1.54) is 0 Å². The SMILES string of the molecule is CCC(N)(CC)CCNC(=O)c1ccc(N(C)C)cc1O. The first-order chi connectivity index (χ1) is 9.83. The molecule has 0 unspecified atom stereocenters. The second-order valence-electron chi connectivity index (χ2n) is 5.67. The maximum Gasteiger partial charge on any atom is 0.255 e. The van der Waals surface area contributed by atoms with E-state index in [1.54, 1.807) is 18.2 Å². The van der Waals surface area contributed by atoms with E-state index in [0.717, 1.165) is 24.9 Å². The van der Waals surface area contributed by atoms with Crippen LogP contribution in [0.25, 0.3) is 0 Å². The Bertz CT molecular complexity index is 482. The van der Waals surface area contributed by atoms with Gasteiger partial charge in [-0.2, -0.15) is 0 Å². The van der Waals surface area contributed by atoms with Gasteiger partial charge in [0.05, 0.1) is 5.56 Å². The van der Waals surface area contributed by atoms with Crippen molar-refractivity contribution < 1.29 is 9.90 Å². The number of rotatable bonds is 7. The minimum atomic E-state index is -0.271. The van der Waals surface area contributed by atoms with Crippen LogP contribution in [-0.4, -0.2) is 37.2 Å². The number of aromatic hydroxyl groups is 1. The summed E-state index contributed by atoms with van der Waals surface area (Å²) in [5.74, 6) is -0.281. The summed E-state index contributed by atoms with van der Waals surface area (Å²) in [4.78, 5) is 14.0. The maximum absolute atomic E-state index is 12.1. The Hall–Kier alpha value is -1.75. The number of phenols is 1. The number of carbonyl (C=O) groups excluding carboxylic acids is 1. The van der Waals surface area contributed by atoms with E-state index in [4.69, 9.17) is 5.73 Å². The lowest BCUT2D eigenvalue weighted by atomic mass is 9.90. The molecule has 4 N–H and O–H groups in total. The van der Waals surface area contributed by atoms with Gasteiger partial charge in [-0.15, -0.1) is 0 Å². The van der Waals surface area contributed by atoms with Crippen LogP contribution in [0.15, 0.2) is 18.2 Å². The molecular weight excluding hydrogens is 266 g/mol. The minimum absolute atomic E-state index is 0.0105. The largest absolute Gasteiger partial charge is 0.507 e. The molecule has 0 aliphatic rings. The van der Waals surface area contributed by atoms with Crippen LogP contribution in [0.2, 0.25) is 0 Å². The molecule has 0 aliphatic heterocycles. The van der Waals surface area contributed by atoms with Gasteiger partial charge in [0.2, 0.25) is 0 Å². The molecule has 0 heterocycles. The van der Waals surface area contributed by atoms with Crippen LogP contribution in [0.3, 0.4) is 0 Å². The third-order valence-electron chi connectivity index (χ3n) is 4.06. The number of nitrogens with zero attached hydrogens (tertiary/aromatic N) is 1. The number of carbonyl (C=O) groups is 1. The molecule has 0 bridgehead atoms. The summed E-state index contributed by atoms with van der Waals surface area (Å²) in [5, 5.41) is 12.8. The van der Waals surface area contributed by atoms with Crippen LogP contribution in [0.4, 0.5) is 5.69 Å². The second kappa shape index (κ2) is 7.31. The minimum Gasteiger partial charge on any atom is -0.507 e. The lowest BCUT2D eigenvalue weighted by Gasteiger charge is -2.26. The third-order valence-corrected chi connectivity index (χ3v) is 4.06. The van der Waals surface area contributed by atoms with Gasteiger partial charge in [0.15, 0.2) is 0 Å². The molecule has 1 aromatic carbocycles. The Balaban J connectivity index is 2.64. The number of nitrogens with one attached hydrogen (secondary N) is 1. The first kappa shape index (κ1) is 17.3. The van der Waals surface area contributed by atoms with Gasteiger partial charge >= 0.3 is 0 Å². The molecule has 0 saturated heterocycles. The number of amides is 1. The van der Waals surface area contributed by atoms with Gasteiger partial charge in [-0.1, -0.05) is 13.8 Å². The molecule has 118 valence electrons. The number of phenolic OH excluding ortho intramolecular Hbond substituents is 1. The molecule has 0 spiro atoms. The predicted octanol–water partition coefficient (Wildman–Crippen LogP) is 2.10. The normalized spacial score (nSPS) is 11.3. The fraction of sp³-hybridized carbons (Fsp3) is 0.562. The van der Waals surface area contributed by atoms with Crippen molar-refractivity contribution in [2.45, 2.75) is 38.6 Å². The highest BCUT2D eigenvalue weighted by atomic mass is 16.3. The van der Waals surface area contributed by atoms with Crippen molar-refractivity contribution in [3.8, 4) is 5.75 Å². The number of anilines is 1. The van der Waals surface area contributed by atoms with Crippen LogP contribution >= 0.6 is 0 Å². The first-order valence-corrected chi connectivity index (χ1v) is 7.40. The highest BCUT2D eigenvalue weighted by Crippen LogP contribution is 2.23. The van der Waals surface area contributed by atoms with Crippen molar-refractivity contribution in [1.29, 1.82) is 0 Å². The lowest BCUT2D eigenvalue weighted by Crippen LogP contribution is -2.42. The van der Waals surface area contributed by atoms with Crippen LogP contribution in [0.1, 0.15) is 43.5 Å². The Kier molecular flexibility index (Phi) is 6.03. The summed E-state index contributed by atoms with van der Waals surface area (Å²) in [7, 11) is 3.76. The summed E-state index contributed by atoms with van der Waals surface area (Å²) in [5.41, 5.74) is 7.10. The van der Waals surface area contributed by atoms with Crippen LogP contribution in [-0.2, 0) is 0 Å². The fourth-order valence-corrected chi connectivity index (χ4v) is 2.11. The molecule has 21 heavy (non-hydrogen) atoms. The Labute approximate surface area is 127 Å². The van der Waals surface area contributed by atoms with Crippen molar-refractivity contribution in [1.82, 2.24) is 5.32 Å². The smallest absolute Gasteiger partial charge is 0.255 e. The van der Waals surface area contributed by atoms with E-state index in [0.29, 0.717) is 6.54 Å². The Morgan fingerprint density at radius 3 is 2.43 bits per heavy atom. The molecule has 0 aliphatic carbocycles. The zero-order valence-electron chi connectivity index (χ0n) is 13.4. The molecule has 0 aromatic heterocycles. The van der Waals surface area contributed by atoms with Crippen molar-refractivity contribution in [3.05, 3.63) is 23.8 Å². The molecule has 1 amide bonds. The Morgan fingerprint density at radius 1 is 1.33 bits per heavy atom. The van der Waals surface area contributed by atoms with Gasteiger partial charge in [0.1, 0.15) is 5.75 Å². The van der Waals surface area contributed by atoms with E-state index < -0.39 is 0 Å². The summed E-state index contributed by atoms with van der Waals surface area (Å²) in [6.07, 6.45) is 2.48. The average molecular weight is 293 g/mol. The average Bonchev–Trinajstić information content (AvgIpc) is 2.46. The fourth-order valence-electron chi connectivity index (χ4n) is 2.11. The maximum atomic E-state index is 12.1. The molecule has 5 nitrogen and oxygen atoms in total. The van der Waals surface area contributed by atoms with Crippen molar-refractivity contribution in [2.24, 2.45) is 5.73 Å². The van der Waals surface area contributed by atoms with E-state index in [2.05, 4.69) is 19.2 Å². The summed E-state index contributed by atoms with van der Waals surface area (Å²) < 4.78 is 0. The number of benzene rings is 1. The molecule has 1 rings (SSSR count). The summed E-state index contributed by atoms with van der Waals surface area (Å²) >= 11 is 0. The van der Waals surface area contributed by atoms with Crippen molar-refractivity contribution >= 4 is 11.6 Å². The summed E-state index contributed by atoms with van der Waals surface area (Å²) in [6.45, 7) is 4.61. The zero-order chi connectivity index (χ0) is 16.0. The highest BCUT2D eigenvalue weighted by molar-refractivity contribution is 5.97. The first-order valence-electron chi connectivity index (χ1n) is 7.40. The predicted molar refractivity (Wildman–Crippen MR) is 86.9 cm³/mol. The molecule has 0 atom stereocenters.